The van der Waals surface area contributed by atoms with Crippen molar-refractivity contribution >= 4 is 71.3 Å². The van der Waals surface area contributed by atoms with Gasteiger partial charge in [-0.05, 0) is 126 Å². The van der Waals surface area contributed by atoms with Gasteiger partial charge in [-0.2, -0.15) is 0 Å². The first-order valence-corrected chi connectivity index (χ1v) is 21.2. The van der Waals surface area contributed by atoms with E-state index in [1.165, 1.54) is 54.6 Å². The van der Waals surface area contributed by atoms with Gasteiger partial charge in [0.05, 0.1) is 0 Å². The number of anilines is 3. The summed E-state index contributed by atoms with van der Waals surface area (Å²) in [4.78, 5) is 2.38. The topological polar surface area (TPSA) is 16.4 Å². The molecule has 290 valence electrons. The highest BCUT2D eigenvalue weighted by Crippen LogP contribution is 2.42. The van der Waals surface area contributed by atoms with Crippen molar-refractivity contribution in [1.82, 2.24) is 0 Å². The molecule has 0 aliphatic rings. The van der Waals surface area contributed by atoms with Crippen LogP contribution in [-0.4, -0.2) is 0 Å². The third-order valence-corrected chi connectivity index (χ3v) is 12.5. The lowest BCUT2D eigenvalue weighted by Gasteiger charge is -2.26. The van der Waals surface area contributed by atoms with Crippen molar-refractivity contribution in [3.63, 3.8) is 0 Å². The fourth-order valence-electron chi connectivity index (χ4n) is 9.33. The molecule has 0 fully saturated rings. The zero-order valence-corrected chi connectivity index (χ0v) is 33.9. The number of furan rings is 1. The minimum atomic E-state index is 0.891. The Morgan fingerprint density at radius 2 is 0.742 bits per heavy atom. The molecule has 0 unspecified atom stereocenters. The zero-order valence-electron chi connectivity index (χ0n) is 33.9. The fourth-order valence-corrected chi connectivity index (χ4v) is 9.33. The minimum absolute atomic E-state index is 0.891. The predicted molar refractivity (Wildman–Crippen MR) is 263 cm³/mol. The molecule has 0 aliphatic heterocycles. The molecule has 2 nitrogen and oxygen atoms in total. The lowest BCUT2D eigenvalue weighted by molar-refractivity contribution is 0.670. The second-order valence-electron chi connectivity index (χ2n) is 16.1. The van der Waals surface area contributed by atoms with E-state index >= 15 is 0 Å². The quantitative estimate of drug-likeness (QED) is 0.150. The summed E-state index contributed by atoms with van der Waals surface area (Å²) in [5.41, 5.74) is 14.5. The van der Waals surface area contributed by atoms with Crippen molar-refractivity contribution in [2.75, 3.05) is 4.90 Å². The standard InChI is InChI=1S/C60H39NO/c1-3-11-42(12-4-1)53-18-9-16-45-23-24-47(37-56(45)53)40-25-31-49(32-26-40)61(51-35-29-46-22-21-44-15-7-8-17-52(44)57(46)39-51)50-33-27-41(28-34-50)48-30-36-59-58(38-48)55-20-10-19-54(60(55)62-59)43-13-5-2-6-14-43/h1-39H. The first-order valence-electron chi connectivity index (χ1n) is 21.2. The molecule has 62 heavy (non-hydrogen) atoms. The number of rotatable bonds is 7. The van der Waals surface area contributed by atoms with Crippen molar-refractivity contribution in [3.8, 4) is 44.5 Å². The Hall–Kier alpha value is -8.20. The molecule has 0 spiro atoms. The third-order valence-electron chi connectivity index (χ3n) is 12.5. The Labute approximate surface area is 360 Å². The maximum atomic E-state index is 6.51. The summed E-state index contributed by atoms with van der Waals surface area (Å²) in [5.74, 6) is 0. The van der Waals surface area contributed by atoms with Crippen LogP contribution in [0, 0.1) is 0 Å². The van der Waals surface area contributed by atoms with Crippen LogP contribution in [0.2, 0.25) is 0 Å². The van der Waals surface area contributed by atoms with Gasteiger partial charge in [0.15, 0.2) is 0 Å². The van der Waals surface area contributed by atoms with Crippen LogP contribution in [0.3, 0.4) is 0 Å². The van der Waals surface area contributed by atoms with Crippen molar-refractivity contribution in [2.24, 2.45) is 0 Å². The highest BCUT2D eigenvalue weighted by atomic mass is 16.3. The van der Waals surface area contributed by atoms with Gasteiger partial charge in [0.2, 0.25) is 0 Å². The van der Waals surface area contributed by atoms with E-state index in [9.17, 15) is 0 Å². The predicted octanol–water partition coefficient (Wildman–Crippen LogP) is 17.2. The summed E-state index contributed by atoms with van der Waals surface area (Å²) in [5, 5.41) is 9.68. The summed E-state index contributed by atoms with van der Waals surface area (Å²) >= 11 is 0. The lowest BCUT2D eigenvalue weighted by Crippen LogP contribution is -2.09. The highest BCUT2D eigenvalue weighted by Gasteiger charge is 2.17. The molecule has 0 bridgehead atoms. The van der Waals surface area contributed by atoms with Crippen molar-refractivity contribution in [2.45, 2.75) is 0 Å². The maximum absolute atomic E-state index is 6.51. The highest BCUT2D eigenvalue weighted by molar-refractivity contribution is 6.11. The Morgan fingerprint density at radius 3 is 1.47 bits per heavy atom. The van der Waals surface area contributed by atoms with Crippen molar-refractivity contribution in [3.05, 3.63) is 237 Å². The third kappa shape index (κ3) is 6.20. The summed E-state index contributed by atoms with van der Waals surface area (Å²) < 4.78 is 6.51. The second kappa shape index (κ2) is 14.8. The Morgan fingerprint density at radius 1 is 0.258 bits per heavy atom. The number of fused-ring (bicyclic) bond motifs is 7. The van der Waals surface area contributed by atoms with E-state index < -0.39 is 0 Å². The normalized spacial score (nSPS) is 11.5. The smallest absolute Gasteiger partial charge is 0.143 e. The molecular weight excluding hydrogens is 751 g/mol. The molecule has 12 rings (SSSR count). The van der Waals surface area contributed by atoms with E-state index in [-0.39, 0.29) is 0 Å². The molecule has 0 N–H and O–H groups in total. The van der Waals surface area contributed by atoms with Crippen LogP contribution in [0.4, 0.5) is 17.1 Å². The molecule has 0 saturated heterocycles. The van der Waals surface area contributed by atoms with E-state index in [0.717, 1.165) is 61.3 Å². The Kier molecular flexibility index (Phi) is 8.53. The van der Waals surface area contributed by atoms with Crippen LogP contribution in [-0.2, 0) is 0 Å². The zero-order chi connectivity index (χ0) is 41.0. The summed E-state index contributed by atoms with van der Waals surface area (Å²) in [6.45, 7) is 0. The molecule has 12 aromatic rings. The summed E-state index contributed by atoms with van der Waals surface area (Å²) in [6.07, 6.45) is 0. The second-order valence-corrected chi connectivity index (χ2v) is 16.1. The van der Waals surface area contributed by atoms with Crippen LogP contribution in [0.25, 0.3) is 98.8 Å². The van der Waals surface area contributed by atoms with E-state index in [1.807, 2.05) is 6.07 Å². The molecule has 0 amide bonds. The largest absolute Gasteiger partial charge is 0.455 e. The van der Waals surface area contributed by atoms with Gasteiger partial charge in [0, 0.05) is 33.4 Å². The molecule has 1 heterocycles. The summed E-state index contributed by atoms with van der Waals surface area (Å²) in [7, 11) is 0. The van der Waals surface area contributed by atoms with E-state index in [0.29, 0.717) is 0 Å². The van der Waals surface area contributed by atoms with Crippen LogP contribution in [0.5, 0.6) is 0 Å². The maximum Gasteiger partial charge on any atom is 0.143 e. The summed E-state index contributed by atoms with van der Waals surface area (Å²) in [6, 6.07) is 85.5. The first kappa shape index (κ1) is 35.7. The number of hydrogen-bond acceptors (Lipinski definition) is 2. The molecule has 0 aliphatic carbocycles. The molecule has 1 aromatic heterocycles. The van der Waals surface area contributed by atoms with Gasteiger partial charge >= 0.3 is 0 Å². The minimum Gasteiger partial charge on any atom is -0.455 e. The number of hydrogen-bond donors (Lipinski definition) is 0. The van der Waals surface area contributed by atoms with Crippen molar-refractivity contribution < 1.29 is 4.42 Å². The van der Waals surface area contributed by atoms with Crippen LogP contribution >= 0.6 is 0 Å². The molecular formula is C60H39NO. The molecule has 11 aromatic carbocycles. The molecule has 0 atom stereocenters. The van der Waals surface area contributed by atoms with Gasteiger partial charge in [-0.15, -0.1) is 0 Å². The van der Waals surface area contributed by atoms with Crippen LogP contribution in [0.15, 0.2) is 241 Å². The average molecular weight is 790 g/mol. The van der Waals surface area contributed by atoms with E-state index in [1.54, 1.807) is 0 Å². The Bertz CT molecular complexity index is 3610. The van der Waals surface area contributed by atoms with E-state index in [4.69, 9.17) is 4.42 Å². The van der Waals surface area contributed by atoms with Gasteiger partial charge in [0.1, 0.15) is 11.2 Å². The fraction of sp³-hybridized carbons (Fsp3) is 0. The Balaban J connectivity index is 0.941. The van der Waals surface area contributed by atoms with Gasteiger partial charge in [-0.3, -0.25) is 0 Å². The molecule has 0 saturated carbocycles. The van der Waals surface area contributed by atoms with Gasteiger partial charge < -0.3 is 9.32 Å². The van der Waals surface area contributed by atoms with Crippen LogP contribution in [0.1, 0.15) is 0 Å². The van der Waals surface area contributed by atoms with Crippen LogP contribution < -0.4 is 4.90 Å². The average Bonchev–Trinajstić information content (AvgIpc) is 3.73. The molecule has 0 radical (unpaired) electrons. The first-order chi connectivity index (χ1) is 30.7. The van der Waals surface area contributed by atoms with E-state index in [2.05, 4.69) is 235 Å². The van der Waals surface area contributed by atoms with Gasteiger partial charge in [-0.25, -0.2) is 0 Å². The monoisotopic (exact) mass is 789 g/mol. The molecule has 2 heteroatoms. The lowest BCUT2D eigenvalue weighted by atomic mass is 9.95. The number of para-hydroxylation sites is 1. The van der Waals surface area contributed by atoms with Gasteiger partial charge in [0.25, 0.3) is 0 Å². The number of nitrogens with zero attached hydrogens (tertiary/aromatic N) is 1. The van der Waals surface area contributed by atoms with Gasteiger partial charge in [-0.1, -0.05) is 182 Å². The number of benzene rings is 11. The van der Waals surface area contributed by atoms with Crippen molar-refractivity contribution in [1.29, 1.82) is 0 Å². The SMILES string of the molecule is c1ccc(-c2cccc3ccc(-c4ccc(N(c5ccc(-c6ccc7oc8c(-c9ccccc9)cccc8c7c6)cc5)c5ccc6ccc7ccccc7c6c5)cc4)cc23)cc1.